The molecule has 1 aliphatic rings. The van der Waals surface area contributed by atoms with Gasteiger partial charge in [0.2, 0.25) is 0 Å². The lowest BCUT2D eigenvalue weighted by atomic mass is 10.1. The van der Waals surface area contributed by atoms with Gasteiger partial charge in [0, 0.05) is 23.7 Å². The van der Waals surface area contributed by atoms with Gasteiger partial charge in [0.05, 0.1) is 6.04 Å². The van der Waals surface area contributed by atoms with E-state index in [9.17, 15) is 0 Å². The second kappa shape index (κ2) is 6.47. The number of nitrogens with zero attached hydrogens (tertiary/aromatic N) is 1. The minimum absolute atomic E-state index is 0.374. The van der Waals surface area contributed by atoms with Crippen LogP contribution in [0.15, 0.2) is 5.38 Å². The highest BCUT2D eigenvalue weighted by Crippen LogP contribution is 2.17. The van der Waals surface area contributed by atoms with Crippen molar-refractivity contribution in [1.82, 2.24) is 15.6 Å². The molecule has 2 unspecified atom stereocenters. The predicted octanol–water partition coefficient (Wildman–Crippen LogP) is 2.63. The van der Waals surface area contributed by atoms with E-state index in [2.05, 4.69) is 34.8 Å². The van der Waals surface area contributed by atoms with E-state index in [4.69, 9.17) is 0 Å². The van der Waals surface area contributed by atoms with Crippen LogP contribution in [0.3, 0.4) is 0 Å². The molecule has 0 bridgehead atoms. The first-order valence-electron chi connectivity index (χ1n) is 6.64. The summed E-state index contributed by atoms with van der Waals surface area (Å²) >= 11 is 1.75. The normalized spacial score (nSPS) is 23.3. The van der Waals surface area contributed by atoms with Gasteiger partial charge in [-0.1, -0.05) is 12.8 Å². The Morgan fingerprint density at radius 2 is 2.41 bits per heavy atom. The quantitative estimate of drug-likeness (QED) is 0.866. The largest absolute Gasteiger partial charge is 0.313 e. The summed E-state index contributed by atoms with van der Waals surface area (Å²) in [7, 11) is 0. The lowest BCUT2D eigenvalue weighted by Gasteiger charge is -2.19. The van der Waals surface area contributed by atoms with Gasteiger partial charge in [0.1, 0.15) is 5.01 Å². The van der Waals surface area contributed by atoms with Crippen molar-refractivity contribution in [2.24, 2.45) is 0 Å². The van der Waals surface area contributed by atoms with Crippen LogP contribution in [0.1, 0.15) is 49.4 Å². The number of aromatic nitrogens is 1. The molecular weight excluding hydrogens is 230 g/mol. The van der Waals surface area contributed by atoms with Crippen LogP contribution in [0.4, 0.5) is 0 Å². The lowest BCUT2D eigenvalue weighted by Crippen LogP contribution is -2.38. The van der Waals surface area contributed by atoms with Gasteiger partial charge in [0.25, 0.3) is 0 Å². The molecule has 1 aliphatic heterocycles. The van der Waals surface area contributed by atoms with Crippen molar-refractivity contribution in [2.75, 3.05) is 13.1 Å². The summed E-state index contributed by atoms with van der Waals surface area (Å²) in [6.45, 7) is 6.49. The fourth-order valence-electron chi connectivity index (χ4n) is 2.25. The van der Waals surface area contributed by atoms with Gasteiger partial charge < -0.3 is 10.6 Å². The van der Waals surface area contributed by atoms with E-state index >= 15 is 0 Å². The highest BCUT2D eigenvalue weighted by molar-refractivity contribution is 7.09. The molecule has 0 amide bonds. The van der Waals surface area contributed by atoms with Crippen LogP contribution in [0, 0.1) is 6.92 Å². The van der Waals surface area contributed by atoms with Gasteiger partial charge in [-0.2, -0.15) is 0 Å². The molecule has 1 aromatic rings. The monoisotopic (exact) mass is 253 g/mol. The van der Waals surface area contributed by atoms with E-state index in [0.717, 1.165) is 12.2 Å². The van der Waals surface area contributed by atoms with Crippen molar-refractivity contribution in [3.8, 4) is 0 Å². The number of hydrogen-bond donors (Lipinski definition) is 2. The Kier molecular flexibility index (Phi) is 4.95. The summed E-state index contributed by atoms with van der Waals surface area (Å²) in [4.78, 5) is 4.53. The minimum Gasteiger partial charge on any atom is -0.313 e. The lowest BCUT2D eigenvalue weighted by molar-refractivity contribution is 0.442. The molecule has 17 heavy (non-hydrogen) atoms. The van der Waals surface area contributed by atoms with Crippen LogP contribution >= 0.6 is 11.3 Å². The Morgan fingerprint density at radius 1 is 1.53 bits per heavy atom. The molecule has 2 atom stereocenters. The number of hydrogen-bond acceptors (Lipinski definition) is 4. The van der Waals surface area contributed by atoms with Crippen molar-refractivity contribution in [1.29, 1.82) is 0 Å². The van der Waals surface area contributed by atoms with E-state index in [1.807, 2.05) is 0 Å². The Bertz CT molecular complexity index is 329. The second-order valence-electron chi connectivity index (χ2n) is 4.96. The molecular formula is C13H23N3S. The van der Waals surface area contributed by atoms with E-state index in [1.165, 1.54) is 37.2 Å². The van der Waals surface area contributed by atoms with E-state index in [1.54, 1.807) is 11.3 Å². The van der Waals surface area contributed by atoms with Crippen molar-refractivity contribution in [3.05, 3.63) is 16.1 Å². The Labute approximate surface area is 108 Å². The Morgan fingerprint density at radius 3 is 3.18 bits per heavy atom. The first-order valence-corrected chi connectivity index (χ1v) is 7.52. The first kappa shape index (κ1) is 13.0. The van der Waals surface area contributed by atoms with Gasteiger partial charge in [0.15, 0.2) is 0 Å². The molecule has 0 aromatic carbocycles. The van der Waals surface area contributed by atoms with Gasteiger partial charge >= 0.3 is 0 Å². The Balaban J connectivity index is 1.77. The summed E-state index contributed by atoms with van der Waals surface area (Å²) in [5.41, 5.74) is 1.13. The summed E-state index contributed by atoms with van der Waals surface area (Å²) in [5, 5.41) is 10.5. The van der Waals surface area contributed by atoms with Crippen molar-refractivity contribution in [3.63, 3.8) is 0 Å². The maximum atomic E-state index is 4.53. The molecule has 0 saturated carbocycles. The zero-order valence-electron chi connectivity index (χ0n) is 10.8. The van der Waals surface area contributed by atoms with Crippen LogP contribution in [-0.4, -0.2) is 24.1 Å². The van der Waals surface area contributed by atoms with Gasteiger partial charge in [-0.25, -0.2) is 4.98 Å². The molecule has 0 spiro atoms. The van der Waals surface area contributed by atoms with Gasteiger partial charge in [-0.05, 0) is 33.2 Å². The van der Waals surface area contributed by atoms with Crippen LogP contribution in [0.25, 0.3) is 0 Å². The van der Waals surface area contributed by atoms with Crippen molar-refractivity contribution >= 4 is 11.3 Å². The zero-order valence-corrected chi connectivity index (χ0v) is 11.6. The summed E-state index contributed by atoms with van der Waals surface area (Å²) < 4.78 is 0. The topological polar surface area (TPSA) is 37.0 Å². The highest BCUT2D eigenvalue weighted by Gasteiger charge is 2.14. The average molecular weight is 253 g/mol. The molecule has 96 valence electrons. The number of nitrogens with one attached hydrogen (secondary N) is 2. The molecule has 2 heterocycles. The van der Waals surface area contributed by atoms with Gasteiger partial charge in [-0.3, -0.25) is 0 Å². The molecule has 1 fully saturated rings. The van der Waals surface area contributed by atoms with Crippen molar-refractivity contribution < 1.29 is 0 Å². The molecule has 0 radical (unpaired) electrons. The SMILES string of the molecule is Cc1csc(C(C)NCC2CCCCCN2)n1. The summed E-state index contributed by atoms with van der Waals surface area (Å²) in [6, 6.07) is 1.01. The maximum absolute atomic E-state index is 4.53. The second-order valence-corrected chi connectivity index (χ2v) is 5.85. The van der Waals surface area contributed by atoms with Crippen molar-refractivity contribution in [2.45, 2.75) is 51.6 Å². The average Bonchev–Trinajstić information content (AvgIpc) is 2.61. The van der Waals surface area contributed by atoms with Crippen LogP contribution in [-0.2, 0) is 0 Å². The zero-order chi connectivity index (χ0) is 12.1. The third-order valence-electron chi connectivity index (χ3n) is 3.34. The third kappa shape index (κ3) is 4.05. The highest BCUT2D eigenvalue weighted by atomic mass is 32.1. The van der Waals surface area contributed by atoms with E-state index < -0.39 is 0 Å². The molecule has 2 N–H and O–H groups in total. The van der Waals surface area contributed by atoms with E-state index in [0.29, 0.717) is 12.1 Å². The molecule has 4 heteroatoms. The fourth-order valence-corrected chi connectivity index (χ4v) is 3.08. The van der Waals surface area contributed by atoms with Crippen LogP contribution in [0.2, 0.25) is 0 Å². The standard InChI is InChI=1S/C13H23N3S/c1-10-9-17-13(16-10)11(2)15-8-12-6-4-3-5-7-14-12/h9,11-12,14-15H,3-8H2,1-2H3. The minimum atomic E-state index is 0.374. The smallest absolute Gasteiger partial charge is 0.110 e. The summed E-state index contributed by atoms with van der Waals surface area (Å²) in [5.74, 6) is 0. The molecule has 3 nitrogen and oxygen atoms in total. The number of thiazole rings is 1. The Hall–Kier alpha value is -0.450. The number of rotatable bonds is 4. The molecule has 1 saturated heterocycles. The van der Waals surface area contributed by atoms with Crippen LogP contribution < -0.4 is 10.6 Å². The maximum Gasteiger partial charge on any atom is 0.110 e. The molecule has 1 aromatic heterocycles. The van der Waals surface area contributed by atoms with Crippen LogP contribution in [0.5, 0.6) is 0 Å². The summed E-state index contributed by atoms with van der Waals surface area (Å²) in [6.07, 6.45) is 5.38. The molecule has 2 rings (SSSR count). The third-order valence-corrected chi connectivity index (χ3v) is 4.49. The number of aryl methyl sites for hydroxylation is 1. The van der Waals surface area contributed by atoms with Gasteiger partial charge in [-0.15, -0.1) is 11.3 Å². The van der Waals surface area contributed by atoms with E-state index in [-0.39, 0.29) is 0 Å². The fraction of sp³-hybridized carbons (Fsp3) is 0.769. The first-order chi connectivity index (χ1) is 8.25. The molecule has 0 aliphatic carbocycles. The predicted molar refractivity (Wildman–Crippen MR) is 73.5 cm³/mol.